The zero-order valence-electron chi connectivity index (χ0n) is 12.6. The summed E-state index contributed by atoms with van der Waals surface area (Å²) in [5.41, 5.74) is 2.15. The Kier molecular flexibility index (Phi) is 4.76. The summed E-state index contributed by atoms with van der Waals surface area (Å²) in [6, 6.07) is 8.19. The standard InChI is InChI=1S/C17H25N3O/c21-17(13-14-7-9-18-10-8-14)19-15-5-1-2-6-16(15)20-11-3-4-12-20/h1-2,5-6,14,18H,3-4,7-13H2,(H,19,21). The molecule has 3 rings (SSSR count). The molecule has 0 radical (unpaired) electrons. The molecular weight excluding hydrogens is 262 g/mol. The largest absolute Gasteiger partial charge is 0.370 e. The van der Waals surface area contributed by atoms with Gasteiger partial charge in [0.05, 0.1) is 11.4 Å². The number of carbonyl (C=O) groups excluding carboxylic acids is 1. The second-order valence-corrected chi connectivity index (χ2v) is 6.16. The van der Waals surface area contributed by atoms with Gasteiger partial charge < -0.3 is 15.5 Å². The Hall–Kier alpha value is -1.55. The van der Waals surface area contributed by atoms with E-state index in [1.54, 1.807) is 0 Å². The van der Waals surface area contributed by atoms with Crippen molar-refractivity contribution in [3.63, 3.8) is 0 Å². The molecule has 2 heterocycles. The third kappa shape index (κ3) is 3.76. The lowest BCUT2D eigenvalue weighted by Gasteiger charge is -2.24. The summed E-state index contributed by atoms with van der Waals surface area (Å²) in [4.78, 5) is 14.7. The second kappa shape index (κ2) is 6.94. The Labute approximate surface area is 126 Å². The maximum absolute atomic E-state index is 12.3. The summed E-state index contributed by atoms with van der Waals surface area (Å²) in [6.45, 7) is 4.28. The van der Waals surface area contributed by atoms with E-state index in [2.05, 4.69) is 27.7 Å². The van der Waals surface area contributed by atoms with Crippen LogP contribution in [0.5, 0.6) is 0 Å². The van der Waals surface area contributed by atoms with Gasteiger partial charge in [-0.3, -0.25) is 4.79 Å². The van der Waals surface area contributed by atoms with E-state index >= 15 is 0 Å². The number of benzene rings is 1. The van der Waals surface area contributed by atoms with Gasteiger partial charge in [-0.15, -0.1) is 0 Å². The van der Waals surface area contributed by atoms with Crippen LogP contribution in [-0.2, 0) is 4.79 Å². The highest BCUT2D eigenvalue weighted by atomic mass is 16.1. The molecule has 1 aromatic carbocycles. The molecule has 2 saturated heterocycles. The Bertz CT molecular complexity index is 477. The van der Waals surface area contributed by atoms with Crippen LogP contribution in [0.25, 0.3) is 0 Å². The molecular formula is C17H25N3O. The Balaban J connectivity index is 1.62. The van der Waals surface area contributed by atoms with Gasteiger partial charge >= 0.3 is 0 Å². The number of amides is 1. The lowest BCUT2D eigenvalue weighted by atomic mass is 9.94. The fourth-order valence-electron chi connectivity index (χ4n) is 3.36. The van der Waals surface area contributed by atoms with Crippen molar-refractivity contribution in [3.8, 4) is 0 Å². The molecule has 0 aliphatic carbocycles. The maximum atomic E-state index is 12.3. The number of piperidine rings is 1. The first kappa shape index (κ1) is 14.4. The van der Waals surface area contributed by atoms with Crippen LogP contribution < -0.4 is 15.5 Å². The summed E-state index contributed by atoms with van der Waals surface area (Å²) in [6.07, 6.45) is 5.37. The summed E-state index contributed by atoms with van der Waals surface area (Å²) in [5, 5.41) is 6.48. The van der Waals surface area contributed by atoms with Crippen molar-refractivity contribution in [1.82, 2.24) is 5.32 Å². The van der Waals surface area contributed by atoms with Gasteiger partial charge in [-0.2, -0.15) is 0 Å². The van der Waals surface area contributed by atoms with Gasteiger partial charge in [0.2, 0.25) is 5.91 Å². The SMILES string of the molecule is O=C(CC1CCNCC1)Nc1ccccc1N1CCCC1. The average molecular weight is 287 g/mol. The maximum Gasteiger partial charge on any atom is 0.224 e. The quantitative estimate of drug-likeness (QED) is 0.894. The Morgan fingerprint density at radius 1 is 1.19 bits per heavy atom. The lowest BCUT2D eigenvalue weighted by molar-refractivity contribution is -0.117. The fourth-order valence-corrected chi connectivity index (χ4v) is 3.36. The van der Waals surface area contributed by atoms with Crippen molar-refractivity contribution in [2.45, 2.75) is 32.1 Å². The summed E-state index contributed by atoms with van der Waals surface area (Å²) < 4.78 is 0. The molecule has 2 aliphatic heterocycles. The highest BCUT2D eigenvalue weighted by Gasteiger charge is 2.19. The van der Waals surface area contributed by atoms with Crippen molar-refractivity contribution in [1.29, 1.82) is 0 Å². The first-order chi connectivity index (χ1) is 10.3. The van der Waals surface area contributed by atoms with E-state index in [1.807, 2.05) is 12.1 Å². The van der Waals surface area contributed by atoms with Crippen molar-refractivity contribution in [2.24, 2.45) is 5.92 Å². The van der Waals surface area contributed by atoms with Gasteiger partial charge in [0.1, 0.15) is 0 Å². The summed E-state index contributed by atoms with van der Waals surface area (Å²) in [7, 11) is 0. The molecule has 2 aliphatic rings. The molecule has 4 heteroatoms. The minimum atomic E-state index is 0.161. The van der Waals surface area contributed by atoms with Gasteiger partial charge in [-0.05, 0) is 56.8 Å². The van der Waals surface area contributed by atoms with Gasteiger partial charge in [-0.25, -0.2) is 0 Å². The van der Waals surface area contributed by atoms with E-state index in [9.17, 15) is 4.79 Å². The average Bonchev–Trinajstić information content (AvgIpc) is 3.03. The van der Waals surface area contributed by atoms with E-state index in [-0.39, 0.29) is 5.91 Å². The Morgan fingerprint density at radius 2 is 1.90 bits per heavy atom. The molecule has 1 amide bonds. The van der Waals surface area contributed by atoms with Crippen LogP contribution in [-0.4, -0.2) is 32.1 Å². The van der Waals surface area contributed by atoms with Crippen LogP contribution in [0.1, 0.15) is 32.1 Å². The summed E-state index contributed by atoms with van der Waals surface area (Å²) in [5.74, 6) is 0.693. The molecule has 0 spiro atoms. The minimum absolute atomic E-state index is 0.161. The molecule has 0 bridgehead atoms. The highest BCUT2D eigenvalue weighted by molar-refractivity contribution is 5.94. The van der Waals surface area contributed by atoms with Crippen molar-refractivity contribution in [2.75, 3.05) is 36.4 Å². The van der Waals surface area contributed by atoms with E-state index in [0.29, 0.717) is 12.3 Å². The fraction of sp³-hybridized carbons (Fsp3) is 0.588. The number of carbonyl (C=O) groups is 1. The van der Waals surface area contributed by atoms with Crippen molar-refractivity contribution in [3.05, 3.63) is 24.3 Å². The Morgan fingerprint density at radius 3 is 2.67 bits per heavy atom. The molecule has 2 fully saturated rings. The zero-order chi connectivity index (χ0) is 14.5. The number of hydrogen-bond acceptors (Lipinski definition) is 3. The number of nitrogens with zero attached hydrogens (tertiary/aromatic N) is 1. The van der Waals surface area contributed by atoms with E-state index < -0.39 is 0 Å². The monoisotopic (exact) mass is 287 g/mol. The predicted molar refractivity (Wildman–Crippen MR) is 86.7 cm³/mol. The lowest BCUT2D eigenvalue weighted by Crippen LogP contribution is -2.30. The number of para-hydroxylation sites is 2. The van der Waals surface area contributed by atoms with E-state index in [0.717, 1.165) is 44.7 Å². The topological polar surface area (TPSA) is 44.4 Å². The minimum Gasteiger partial charge on any atom is -0.370 e. The molecule has 0 saturated carbocycles. The molecule has 21 heavy (non-hydrogen) atoms. The van der Waals surface area contributed by atoms with Gasteiger partial charge in [0.15, 0.2) is 0 Å². The van der Waals surface area contributed by atoms with Gasteiger partial charge in [0.25, 0.3) is 0 Å². The first-order valence-corrected chi connectivity index (χ1v) is 8.17. The first-order valence-electron chi connectivity index (χ1n) is 8.17. The van der Waals surface area contributed by atoms with Crippen LogP contribution >= 0.6 is 0 Å². The number of nitrogens with one attached hydrogen (secondary N) is 2. The molecule has 2 N–H and O–H groups in total. The van der Waals surface area contributed by atoms with Crippen LogP contribution in [0.4, 0.5) is 11.4 Å². The van der Waals surface area contributed by atoms with Crippen molar-refractivity contribution >= 4 is 17.3 Å². The zero-order valence-corrected chi connectivity index (χ0v) is 12.6. The van der Waals surface area contributed by atoms with Gasteiger partial charge in [-0.1, -0.05) is 12.1 Å². The summed E-state index contributed by atoms with van der Waals surface area (Å²) >= 11 is 0. The number of anilines is 2. The van der Waals surface area contributed by atoms with Gasteiger partial charge in [0, 0.05) is 19.5 Å². The van der Waals surface area contributed by atoms with Crippen LogP contribution in [0.3, 0.4) is 0 Å². The smallest absolute Gasteiger partial charge is 0.224 e. The van der Waals surface area contributed by atoms with Crippen LogP contribution in [0.15, 0.2) is 24.3 Å². The van der Waals surface area contributed by atoms with Crippen LogP contribution in [0.2, 0.25) is 0 Å². The molecule has 0 atom stereocenters. The molecule has 0 aromatic heterocycles. The van der Waals surface area contributed by atoms with E-state index in [1.165, 1.54) is 18.5 Å². The third-order valence-electron chi connectivity index (χ3n) is 4.56. The molecule has 0 unspecified atom stereocenters. The molecule has 4 nitrogen and oxygen atoms in total. The number of rotatable bonds is 4. The highest BCUT2D eigenvalue weighted by Crippen LogP contribution is 2.29. The van der Waals surface area contributed by atoms with Crippen molar-refractivity contribution < 1.29 is 4.79 Å². The van der Waals surface area contributed by atoms with Crippen LogP contribution in [0, 0.1) is 5.92 Å². The molecule has 114 valence electrons. The van der Waals surface area contributed by atoms with E-state index in [4.69, 9.17) is 0 Å². The third-order valence-corrected chi connectivity index (χ3v) is 4.56. The normalized spacial score (nSPS) is 19.7. The molecule has 1 aromatic rings. The number of hydrogen-bond donors (Lipinski definition) is 2. The second-order valence-electron chi connectivity index (χ2n) is 6.16. The predicted octanol–water partition coefficient (Wildman–Crippen LogP) is 2.62.